The molecule has 0 aliphatic heterocycles. The molecule has 0 bridgehead atoms. The smallest absolute Gasteiger partial charge is 0.101 e. The zero-order valence-electron chi connectivity index (χ0n) is 19.8. The SMILES string of the molecule is N#Cc1cc(-n2c3ccccc3c3cc(Br)ccc32)c(-n2c3ccccc3c3cc(Br)ccc32)cc1C#N. The van der Waals surface area contributed by atoms with Crippen LogP contribution in [-0.4, -0.2) is 9.13 Å². The molecule has 178 valence electrons. The number of hydrogen-bond acceptors (Lipinski definition) is 2. The molecule has 2 aromatic heterocycles. The molecule has 0 aliphatic rings. The van der Waals surface area contributed by atoms with Gasteiger partial charge in [0.15, 0.2) is 0 Å². The van der Waals surface area contributed by atoms with E-state index in [4.69, 9.17) is 0 Å². The number of nitriles is 2. The minimum absolute atomic E-state index is 0.345. The summed E-state index contributed by atoms with van der Waals surface area (Å²) in [6.07, 6.45) is 0. The molecular formula is C32H16Br2N4. The van der Waals surface area contributed by atoms with Gasteiger partial charge in [-0.05, 0) is 60.7 Å². The summed E-state index contributed by atoms with van der Waals surface area (Å²) in [5, 5.41) is 24.4. The van der Waals surface area contributed by atoms with E-state index in [0.29, 0.717) is 11.1 Å². The van der Waals surface area contributed by atoms with Crippen molar-refractivity contribution >= 4 is 75.5 Å². The molecule has 0 saturated heterocycles. The molecule has 7 rings (SSSR count). The summed E-state index contributed by atoms with van der Waals surface area (Å²) in [6.45, 7) is 0. The van der Waals surface area contributed by atoms with Crippen molar-refractivity contribution in [1.82, 2.24) is 9.13 Å². The first kappa shape index (κ1) is 22.8. The van der Waals surface area contributed by atoms with Gasteiger partial charge in [0.2, 0.25) is 0 Å². The Hall–Kier alpha value is -4.36. The normalized spacial score (nSPS) is 11.4. The molecule has 0 N–H and O–H groups in total. The molecule has 4 nitrogen and oxygen atoms in total. The first-order valence-electron chi connectivity index (χ1n) is 12.0. The minimum atomic E-state index is 0.345. The van der Waals surface area contributed by atoms with E-state index in [1.54, 1.807) is 0 Å². The van der Waals surface area contributed by atoms with Gasteiger partial charge in [-0.1, -0.05) is 68.3 Å². The Kier molecular flexibility index (Phi) is 5.16. The fraction of sp³-hybridized carbons (Fsp3) is 0. The summed E-state index contributed by atoms with van der Waals surface area (Å²) in [5.41, 5.74) is 6.45. The first-order chi connectivity index (χ1) is 18.6. The molecule has 0 radical (unpaired) electrons. The first-order valence-corrected chi connectivity index (χ1v) is 13.5. The minimum Gasteiger partial charge on any atom is -0.307 e. The van der Waals surface area contributed by atoms with Gasteiger partial charge in [-0.25, -0.2) is 0 Å². The Balaban J connectivity index is 1.71. The summed E-state index contributed by atoms with van der Waals surface area (Å²) in [4.78, 5) is 0. The van der Waals surface area contributed by atoms with Gasteiger partial charge < -0.3 is 9.13 Å². The molecule has 0 atom stereocenters. The maximum atomic E-state index is 10.0. The van der Waals surface area contributed by atoms with Crippen molar-refractivity contribution in [3.8, 4) is 23.5 Å². The Morgan fingerprint density at radius 1 is 0.474 bits per heavy atom. The van der Waals surface area contributed by atoms with Gasteiger partial charge in [0.25, 0.3) is 0 Å². The van der Waals surface area contributed by atoms with Gasteiger partial charge in [0.1, 0.15) is 12.1 Å². The van der Waals surface area contributed by atoms with Gasteiger partial charge in [-0.3, -0.25) is 0 Å². The summed E-state index contributed by atoms with van der Waals surface area (Å²) in [7, 11) is 0. The molecule has 38 heavy (non-hydrogen) atoms. The molecule has 5 aromatic carbocycles. The van der Waals surface area contributed by atoms with Crippen molar-refractivity contribution < 1.29 is 0 Å². The third-order valence-electron chi connectivity index (χ3n) is 7.11. The predicted molar refractivity (Wildman–Crippen MR) is 160 cm³/mol. The average Bonchev–Trinajstić information content (AvgIpc) is 3.44. The van der Waals surface area contributed by atoms with E-state index in [1.165, 1.54) is 0 Å². The number of benzene rings is 5. The van der Waals surface area contributed by atoms with Crippen LogP contribution in [0, 0.1) is 22.7 Å². The fourth-order valence-corrected chi connectivity index (χ4v) is 6.25. The van der Waals surface area contributed by atoms with Crippen molar-refractivity contribution in [2.24, 2.45) is 0 Å². The van der Waals surface area contributed by atoms with Gasteiger partial charge in [0, 0.05) is 30.5 Å². The maximum Gasteiger partial charge on any atom is 0.101 e. The number of rotatable bonds is 2. The van der Waals surface area contributed by atoms with Crippen LogP contribution in [0.3, 0.4) is 0 Å². The van der Waals surface area contributed by atoms with Crippen LogP contribution in [0.25, 0.3) is 55.0 Å². The molecule has 0 fully saturated rings. The molecule has 6 heteroatoms. The lowest BCUT2D eigenvalue weighted by molar-refractivity contribution is 1.09. The van der Waals surface area contributed by atoms with Crippen LogP contribution >= 0.6 is 31.9 Å². The molecule has 0 spiro atoms. The topological polar surface area (TPSA) is 57.4 Å². The fourth-order valence-electron chi connectivity index (χ4n) is 5.53. The lowest BCUT2D eigenvalue weighted by Gasteiger charge is -2.18. The number of hydrogen-bond donors (Lipinski definition) is 0. The number of halogens is 2. The Morgan fingerprint density at radius 3 is 1.29 bits per heavy atom. The van der Waals surface area contributed by atoms with E-state index < -0.39 is 0 Å². The maximum absolute atomic E-state index is 10.0. The van der Waals surface area contributed by atoms with Crippen molar-refractivity contribution in [1.29, 1.82) is 10.5 Å². The van der Waals surface area contributed by atoms with Crippen LogP contribution in [0.2, 0.25) is 0 Å². The summed E-state index contributed by atoms with van der Waals surface area (Å²) >= 11 is 7.27. The second-order valence-electron chi connectivity index (χ2n) is 9.14. The van der Waals surface area contributed by atoms with E-state index in [0.717, 1.165) is 63.9 Å². The summed E-state index contributed by atoms with van der Waals surface area (Å²) in [6, 6.07) is 37.3. The highest BCUT2D eigenvalue weighted by Gasteiger charge is 2.21. The van der Waals surface area contributed by atoms with E-state index in [9.17, 15) is 10.5 Å². The number of para-hydroxylation sites is 2. The number of aromatic nitrogens is 2. The highest BCUT2D eigenvalue weighted by molar-refractivity contribution is 9.10. The van der Waals surface area contributed by atoms with Crippen molar-refractivity contribution in [2.75, 3.05) is 0 Å². The van der Waals surface area contributed by atoms with Crippen molar-refractivity contribution in [3.05, 3.63) is 117 Å². The van der Waals surface area contributed by atoms with Crippen LogP contribution in [0.15, 0.2) is 106 Å². The molecule has 2 heterocycles. The van der Waals surface area contributed by atoms with Gasteiger partial charge in [-0.2, -0.15) is 10.5 Å². The van der Waals surface area contributed by atoms with Gasteiger partial charge in [0.05, 0.1) is 44.6 Å². The van der Waals surface area contributed by atoms with E-state index in [-0.39, 0.29) is 0 Å². The van der Waals surface area contributed by atoms with Crippen LogP contribution in [0.4, 0.5) is 0 Å². The van der Waals surface area contributed by atoms with Gasteiger partial charge >= 0.3 is 0 Å². The van der Waals surface area contributed by atoms with Crippen LogP contribution in [0.1, 0.15) is 11.1 Å². The third-order valence-corrected chi connectivity index (χ3v) is 8.09. The summed E-state index contributed by atoms with van der Waals surface area (Å²) < 4.78 is 6.40. The second kappa shape index (κ2) is 8.60. The highest BCUT2D eigenvalue weighted by Crippen LogP contribution is 2.40. The molecular weight excluding hydrogens is 600 g/mol. The Bertz CT molecular complexity index is 2030. The summed E-state index contributed by atoms with van der Waals surface area (Å²) in [5.74, 6) is 0. The van der Waals surface area contributed by atoms with Crippen molar-refractivity contribution in [2.45, 2.75) is 0 Å². The molecule has 0 aliphatic carbocycles. The van der Waals surface area contributed by atoms with Crippen LogP contribution < -0.4 is 0 Å². The average molecular weight is 616 g/mol. The second-order valence-corrected chi connectivity index (χ2v) is 11.0. The number of fused-ring (bicyclic) bond motifs is 6. The molecule has 7 aromatic rings. The number of nitrogens with zero attached hydrogens (tertiary/aromatic N) is 4. The highest BCUT2D eigenvalue weighted by atomic mass is 79.9. The molecule has 0 amide bonds. The van der Waals surface area contributed by atoms with E-state index >= 15 is 0 Å². The Morgan fingerprint density at radius 2 is 0.868 bits per heavy atom. The molecule has 0 unspecified atom stereocenters. The van der Waals surface area contributed by atoms with Crippen molar-refractivity contribution in [3.63, 3.8) is 0 Å². The monoisotopic (exact) mass is 614 g/mol. The lowest BCUT2D eigenvalue weighted by Crippen LogP contribution is -2.05. The third kappa shape index (κ3) is 3.25. The largest absolute Gasteiger partial charge is 0.307 e. The standard InChI is InChI=1S/C32H16Br2N4/c33-21-9-11-29-25(15-21)23-5-1-3-7-27(23)37(29)31-13-19(17-35)20(18-36)14-32(31)38-28-8-4-2-6-24(28)26-16-22(34)10-12-30(26)38/h1-16H. The van der Waals surface area contributed by atoms with E-state index in [2.05, 4.69) is 102 Å². The zero-order valence-corrected chi connectivity index (χ0v) is 23.0. The van der Waals surface area contributed by atoms with Gasteiger partial charge in [-0.15, -0.1) is 0 Å². The molecule has 0 saturated carbocycles. The zero-order chi connectivity index (χ0) is 26.0. The predicted octanol–water partition coefficient (Wildman–Crippen LogP) is 9.15. The lowest BCUT2D eigenvalue weighted by atomic mass is 10.1. The Labute approximate surface area is 234 Å². The van der Waals surface area contributed by atoms with Crippen LogP contribution in [-0.2, 0) is 0 Å². The van der Waals surface area contributed by atoms with Crippen LogP contribution in [0.5, 0.6) is 0 Å². The quantitative estimate of drug-likeness (QED) is 0.195. The van der Waals surface area contributed by atoms with E-state index in [1.807, 2.05) is 48.5 Å².